The Labute approximate surface area is 148 Å². The normalized spacial score (nSPS) is 11.5. The van der Waals surface area contributed by atoms with Gasteiger partial charge >= 0.3 is 0 Å². The second-order valence-corrected chi connectivity index (χ2v) is 5.92. The van der Waals surface area contributed by atoms with Crippen molar-refractivity contribution in [2.45, 2.75) is 19.6 Å². The topological polar surface area (TPSA) is 59.2 Å². The first kappa shape index (κ1) is 16.8. The van der Waals surface area contributed by atoms with Gasteiger partial charge in [-0.2, -0.15) is 0 Å². The number of rotatable bonds is 6. The molecule has 0 radical (unpaired) electrons. The van der Waals surface area contributed by atoms with E-state index in [1.165, 1.54) is 11.1 Å². The number of nitrogens with one attached hydrogen (secondary N) is 2. The Balaban J connectivity index is 1.54. The molecular weight excluding hydrogens is 312 g/mol. The van der Waals surface area contributed by atoms with Crippen molar-refractivity contribution in [3.63, 3.8) is 0 Å². The van der Waals surface area contributed by atoms with Crippen molar-refractivity contribution in [1.82, 2.24) is 24.8 Å². The van der Waals surface area contributed by atoms with Crippen LogP contribution < -0.4 is 10.6 Å². The molecule has 130 valence electrons. The molecule has 2 heterocycles. The third-order valence-electron chi connectivity index (χ3n) is 3.99. The number of benzene rings is 1. The predicted octanol–water partition coefficient (Wildman–Crippen LogP) is 2.14. The zero-order valence-electron chi connectivity index (χ0n) is 14.7. The Hall–Kier alpha value is -3.02. The number of guanidine groups is 1. The van der Waals surface area contributed by atoms with Crippen LogP contribution in [-0.2, 0) is 26.7 Å². The summed E-state index contributed by atoms with van der Waals surface area (Å²) in [5.41, 5.74) is 2.48. The van der Waals surface area contributed by atoms with Gasteiger partial charge in [-0.1, -0.05) is 30.3 Å². The number of aromatic nitrogens is 3. The number of hydrogen-bond acceptors (Lipinski definition) is 2. The van der Waals surface area contributed by atoms with Gasteiger partial charge in [-0.3, -0.25) is 4.99 Å². The molecule has 6 heteroatoms. The lowest BCUT2D eigenvalue weighted by molar-refractivity contribution is 0.688. The van der Waals surface area contributed by atoms with Crippen LogP contribution in [0.3, 0.4) is 0 Å². The van der Waals surface area contributed by atoms with E-state index < -0.39 is 0 Å². The summed E-state index contributed by atoms with van der Waals surface area (Å²) in [6, 6.07) is 12.5. The van der Waals surface area contributed by atoms with Gasteiger partial charge in [0.2, 0.25) is 0 Å². The van der Waals surface area contributed by atoms with Crippen molar-refractivity contribution in [2.75, 3.05) is 7.05 Å². The average molecular weight is 336 g/mol. The van der Waals surface area contributed by atoms with Crippen molar-refractivity contribution in [3.8, 4) is 0 Å². The van der Waals surface area contributed by atoms with Gasteiger partial charge in [0.15, 0.2) is 5.96 Å². The first-order chi connectivity index (χ1) is 12.2. The highest BCUT2D eigenvalue weighted by Crippen LogP contribution is 2.05. The fourth-order valence-corrected chi connectivity index (χ4v) is 2.67. The van der Waals surface area contributed by atoms with Crippen LogP contribution >= 0.6 is 0 Å². The maximum Gasteiger partial charge on any atom is 0.191 e. The summed E-state index contributed by atoms with van der Waals surface area (Å²) in [6.07, 6.45) is 7.96. The largest absolute Gasteiger partial charge is 0.357 e. The lowest BCUT2D eigenvalue weighted by Crippen LogP contribution is -2.36. The van der Waals surface area contributed by atoms with E-state index in [9.17, 15) is 0 Å². The SMILES string of the molecule is CN=C(NCc1ccn(C)c1)NCc1nccn1Cc1ccccc1. The smallest absolute Gasteiger partial charge is 0.191 e. The maximum absolute atomic E-state index is 4.45. The second kappa shape index (κ2) is 8.19. The molecule has 3 aromatic rings. The van der Waals surface area contributed by atoms with Gasteiger partial charge in [-0.15, -0.1) is 0 Å². The molecule has 0 bridgehead atoms. The van der Waals surface area contributed by atoms with Crippen LogP contribution in [0.25, 0.3) is 0 Å². The van der Waals surface area contributed by atoms with E-state index in [1.54, 1.807) is 7.05 Å². The van der Waals surface area contributed by atoms with Gasteiger partial charge in [0.1, 0.15) is 5.82 Å². The number of nitrogens with zero attached hydrogens (tertiary/aromatic N) is 4. The summed E-state index contributed by atoms with van der Waals surface area (Å²) in [5, 5.41) is 6.64. The summed E-state index contributed by atoms with van der Waals surface area (Å²) >= 11 is 0. The van der Waals surface area contributed by atoms with Gasteiger partial charge in [0.25, 0.3) is 0 Å². The Bertz CT molecular complexity index is 815. The number of imidazole rings is 1. The van der Waals surface area contributed by atoms with Gasteiger partial charge in [-0.25, -0.2) is 4.98 Å². The van der Waals surface area contributed by atoms with Gasteiger partial charge < -0.3 is 19.8 Å². The van der Waals surface area contributed by atoms with Gasteiger partial charge in [0.05, 0.1) is 6.54 Å². The second-order valence-electron chi connectivity index (χ2n) is 5.92. The van der Waals surface area contributed by atoms with E-state index in [-0.39, 0.29) is 0 Å². The van der Waals surface area contributed by atoms with Crippen molar-refractivity contribution in [2.24, 2.45) is 12.0 Å². The molecule has 0 unspecified atom stereocenters. The van der Waals surface area contributed by atoms with E-state index >= 15 is 0 Å². The predicted molar refractivity (Wildman–Crippen MR) is 100 cm³/mol. The Morgan fingerprint density at radius 3 is 2.56 bits per heavy atom. The average Bonchev–Trinajstić information content (AvgIpc) is 3.25. The quantitative estimate of drug-likeness (QED) is 0.535. The molecule has 0 spiro atoms. The van der Waals surface area contributed by atoms with E-state index in [0.29, 0.717) is 6.54 Å². The number of aliphatic imine (C=N–C) groups is 1. The van der Waals surface area contributed by atoms with Crippen LogP contribution in [0.5, 0.6) is 0 Å². The summed E-state index contributed by atoms with van der Waals surface area (Å²) in [4.78, 5) is 8.73. The monoisotopic (exact) mass is 336 g/mol. The first-order valence-corrected chi connectivity index (χ1v) is 8.34. The van der Waals surface area contributed by atoms with Crippen LogP contribution in [0.4, 0.5) is 0 Å². The molecule has 0 saturated carbocycles. The van der Waals surface area contributed by atoms with Gasteiger partial charge in [0, 0.05) is 52.0 Å². The summed E-state index contributed by atoms with van der Waals surface area (Å²) < 4.78 is 4.18. The maximum atomic E-state index is 4.45. The molecule has 25 heavy (non-hydrogen) atoms. The highest BCUT2D eigenvalue weighted by Gasteiger charge is 2.05. The standard InChI is InChI=1S/C19H24N6/c1-20-19(22-12-17-8-10-24(2)14-17)23-13-18-21-9-11-25(18)15-16-6-4-3-5-7-16/h3-11,14H,12-13,15H2,1-2H3,(H2,20,22,23). The molecule has 0 amide bonds. The van der Waals surface area contributed by atoms with Gasteiger partial charge in [-0.05, 0) is 17.2 Å². The summed E-state index contributed by atoms with van der Waals surface area (Å²) in [5.74, 6) is 1.74. The highest BCUT2D eigenvalue weighted by molar-refractivity contribution is 5.79. The minimum absolute atomic E-state index is 0.619. The summed E-state index contributed by atoms with van der Waals surface area (Å²) in [6.45, 7) is 2.17. The number of aryl methyl sites for hydroxylation is 1. The van der Waals surface area contributed by atoms with E-state index in [0.717, 1.165) is 24.9 Å². The zero-order chi connectivity index (χ0) is 17.5. The highest BCUT2D eigenvalue weighted by atomic mass is 15.2. The minimum Gasteiger partial charge on any atom is -0.357 e. The van der Waals surface area contributed by atoms with E-state index in [2.05, 4.69) is 61.7 Å². The molecular formula is C19H24N6. The van der Waals surface area contributed by atoms with Crippen LogP contribution in [-0.4, -0.2) is 27.1 Å². The molecule has 0 atom stereocenters. The van der Waals surface area contributed by atoms with Crippen molar-refractivity contribution in [3.05, 3.63) is 78.1 Å². The zero-order valence-corrected chi connectivity index (χ0v) is 14.7. The van der Waals surface area contributed by atoms with Crippen LogP contribution in [0.2, 0.25) is 0 Å². The molecule has 0 aliphatic rings. The van der Waals surface area contributed by atoms with Crippen molar-refractivity contribution < 1.29 is 0 Å². The molecule has 0 fully saturated rings. The fourth-order valence-electron chi connectivity index (χ4n) is 2.67. The van der Waals surface area contributed by atoms with Crippen LogP contribution in [0.15, 0.2) is 66.2 Å². The first-order valence-electron chi connectivity index (χ1n) is 8.34. The molecule has 1 aromatic carbocycles. The molecule has 0 aliphatic heterocycles. The lowest BCUT2D eigenvalue weighted by atomic mass is 10.2. The lowest BCUT2D eigenvalue weighted by Gasteiger charge is -2.12. The van der Waals surface area contributed by atoms with Crippen LogP contribution in [0, 0.1) is 0 Å². The van der Waals surface area contributed by atoms with E-state index in [4.69, 9.17) is 0 Å². The Kier molecular flexibility index (Phi) is 5.51. The van der Waals surface area contributed by atoms with Crippen molar-refractivity contribution >= 4 is 5.96 Å². The fraction of sp³-hybridized carbons (Fsp3) is 0.263. The minimum atomic E-state index is 0.619. The molecule has 0 aliphatic carbocycles. The Morgan fingerprint density at radius 2 is 1.84 bits per heavy atom. The number of hydrogen-bond donors (Lipinski definition) is 2. The van der Waals surface area contributed by atoms with Crippen molar-refractivity contribution in [1.29, 1.82) is 0 Å². The third kappa shape index (κ3) is 4.73. The summed E-state index contributed by atoms with van der Waals surface area (Å²) in [7, 11) is 3.79. The molecule has 2 aromatic heterocycles. The van der Waals surface area contributed by atoms with Crippen LogP contribution in [0.1, 0.15) is 17.0 Å². The molecule has 6 nitrogen and oxygen atoms in total. The molecule has 3 rings (SSSR count). The Morgan fingerprint density at radius 1 is 1.04 bits per heavy atom. The molecule has 2 N–H and O–H groups in total. The van der Waals surface area contributed by atoms with E-state index in [1.807, 2.05) is 36.3 Å². The molecule has 0 saturated heterocycles. The third-order valence-corrected chi connectivity index (χ3v) is 3.99.